The number of anilines is 1. The number of methoxy groups -OCH3 is 2. The minimum Gasteiger partial charge on any atom is -0.497 e. The standard InChI is InChI=1S/C33H36N2O7/c1-21-29(41-26-9-5-14-35(20-26)15-6-16-36)12-10-23-19-28(33(38)42-31(21)23)34-32(37)24-11-13-30(40-3)27(18-24)22-7-4-8-25(17-22)39-2/h4,7-8,10-13,17-19,26,36H,5-6,9,14-16,20H2,1-3H3,(H,34,37). The molecule has 220 valence electrons. The normalized spacial score (nSPS) is 15.4. The summed E-state index contributed by atoms with van der Waals surface area (Å²) in [5.74, 6) is 1.50. The smallest absolute Gasteiger partial charge is 0.360 e. The number of aliphatic hydroxyl groups excluding tert-OH is 1. The summed E-state index contributed by atoms with van der Waals surface area (Å²) in [6, 6.07) is 17.9. The predicted octanol–water partition coefficient (Wildman–Crippen LogP) is 5.26. The van der Waals surface area contributed by atoms with Crippen LogP contribution in [0.15, 0.2) is 69.9 Å². The molecule has 1 amide bonds. The van der Waals surface area contributed by atoms with Crippen molar-refractivity contribution in [2.24, 2.45) is 0 Å². The van der Waals surface area contributed by atoms with E-state index in [0.717, 1.165) is 50.0 Å². The van der Waals surface area contributed by atoms with E-state index in [2.05, 4.69) is 10.2 Å². The molecule has 3 aromatic carbocycles. The SMILES string of the molecule is COc1cccc(-c2cc(C(=O)Nc3cc4ccc(OC5CCCN(CCCO)C5)c(C)c4oc3=O)ccc2OC)c1. The summed E-state index contributed by atoms with van der Waals surface area (Å²) in [6.45, 7) is 4.67. The van der Waals surface area contributed by atoms with Gasteiger partial charge < -0.3 is 29.1 Å². The topological polar surface area (TPSA) is 110 Å². The highest BCUT2D eigenvalue weighted by molar-refractivity contribution is 6.05. The number of rotatable bonds is 10. The van der Waals surface area contributed by atoms with E-state index in [4.69, 9.17) is 23.7 Å². The van der Waals surface area contributed by atoms with Crippen LogP contribution in [-0.2, 0) is 0 Å². The first-order valence-electron chi connectivity index (χ1n) is 14.1. The van der Waals surface area contributed by atoms with E-state index >= 15 is 0 Å². The van der Waals surface area contributed by atoms with Crippen molar-refractivity contribution in [1.82, 2.24) is 4.90 Å². The van der Waals surface area contributed by atoms with Gasteiger partial charge in [-0.2, -0.15) is 0 Å². The lowest BCUT2D eigenvalue weighted by molar-refractivity contribution is 0.0837. The number of benzene rings is 3. The lowest BCUT2D eigenvalue weighted by Crippen LogP contribution is -2.41. The van der Waals surface area contributed by atoms with Crippen LogP contribution in [-0.4, -0.2) is 62.5 Å². The monoisotopic (exact) mass is 572 g/mol. The Morgan fingerprint density at radius 3 is 2.69 bits per heavy atom. The molecule has 1 unspecified atom stereocenters. The first-order chi connectivity index (χ1) is 20.4. The molecule has 0 bridgehead atoms. The largest absolute Gasteiger partial charge is 0.497 e. The quantitative estimate of drug-likeness (QED) is 0.248. The number of likely N-dealkylation sites (tertiary alicyclic amines) is 1. The third-order valence-corrected chi connectivity index (χ3v) is 7.58. The number of hydrogen-bond acceptors (Lipinski definition) is 8. The molecule has 1 atom stereocenters. The number of nitrogens with zero attached hydrogens (tertiary/aromatic N) is 1. The fraction of sp³-hybridized carbons (Fsp3) is 0.333. The summed E-state index contributed by atoms with van der Waals surface area (Å²) in [5, 5.41) is 12.5. The van der Waals surface area contributed by atoms with E-state index in [0.29, 0.717) is 39.3 Å². The van der Waals surface area contributed by atoms with Crippen LogP contribution >= 0.6 is 0 Å². The number of amides is 1. The molecular formula is C33H36N2O7. The van der Waals surface area contributed by atoms with Crippen LogP contribution in [0.3, 0.4) is 0 Å². The zero-order valence-corrected chi connectivity index (χ0v) is 24.1. The fourth-order valence-corrected chi connectivity index (χ4v) is 5.37. The van der Waals surface area contributed by atoms with Crippen molar-refractivity contribution in [2.75, 3.05) is 45.8 Å². The van der Waals surface area contributed by atoms with Crippen LogP contribution in [0.1, 0.15) is 35.2 Å². The van der Waals surface area contributed by atoms with E-state index in [1.807, 2.05) is 43.3 Å². The third-order valence-electron chi connectivity index (χ3n) is 7.58. The highest BCUT2D eigenvalue weighted by Crippen LogP contribution is 2.34. The number of carbonyl (C=O) groups excluding carboxylic acids is 1. The van der Waals surface area contributed by atoms with Crippen LogP contribution in [0, 0.1) is 6.92 Å². The van der Waals surface area contributed by atoms with Gasteiger partial charge >= 0.3 is 5.63 Å². The van der Waals surface area contributed by atoms with Crippen LogP contribution in [0.5, 0.6) is 17.2 Å². The van der Waals surface area contributed by atoms with E-state index < -0.39 is 11.5 Å². The maximum absolute atomic E-state index is 13.2. The number of aliphatic hydroxyl groups is 1. The van der Waals surface area contributed by atoms with Gasteiger partial charge in [-0.15, -0.1) is 0 Å². The number of ether oxygens (including phenoxy) is 3. The second-order valence-electron chi connectivity index (χ2n) is 10.4. The number of aryl methyl sites for hydroxylation is 1. The zero-order chi connectivity index (χ0) is 29.6. The molecule has 1 aliphatic rings. The third kappa shape index (κ3) is 6.42. The Bertz CT molecular complexity index is 1630. The number of hydrogen-bond donors (Lipinski definition) is 2. The van der Waals surface area contributed by atoms with Gasteiger partial charge in [0.25, 0.3) is 5.91 Å². The van der Waals surface area contributed by atoms with E-state index in [9.17, 15) is 9.59 Å². The van der Waals surface area contributed by atoms with Crippen LogP contribution < -0.4 is 25.2 Å². The molecule has 1 fully saturated rings. The van der Waals surface area contributed by atoms with Gasteiger partial charge in [-0.25, -0.2) is 4.79 Å². The molecule has 9 nitrogen and oxygen atoms in total. The Labute approximate surface area is 244 Å². The van der Waals surface area contributed by atoms with Crippen molar-refractivity contribution in [3.05, 3.63) is 82.2 Å². The van der Waals surface area contributed by atoms with Crippen LogP contribution in [0.4, 0.5) is 5.69 Å². The summed E-state index contributed by atoms with van der Waals surface area (Å²) in [4.78, 5) is 28.5. The fourth-order valence-electron chi connectivity index (χ4n) is 5.37. The Morgan fingerprint density at radius 1 is 1.07 bits per heavy atom. The van der Waals surface area contributed by atoms with Crippen molar-refractivity contribution in [2.45, 2.75) is 32.3 Å². The Morgan fingerprint density at radius 2 is 1.90 bits per heavy atom. The predicted molar refractivity (Wildman–Crippen MR) is 162 cm³/mol. The first-order valence-corrected chi connectivity index (χ1v) is 14.1. The molecule has 5 rings (SSSR count). The molecule has 4 aromatic rings. The van der Waals surface area contributed by atoms with Crippen molar-refractivity contribution in [1.29, 1.82) is 0 Å². The lowest BCUT2D eigenvalue weighted by atomic mass is 10.0. The number of piperidine rings is 1. The number of carbonyl (C=O) groups is 1. The van der Waals surface area contributed by atoms with Crippen LogP contribution in [0.25, 0.3) is 22.1 Å². The molecule has 0 spiro atoms. The summed E-state index contributed by atoms with van der Waals surface area (Å²) < 4.78 is 22.9. The molecule has 1 saturated heterocycles. The van der Waals surface area contributed by atoms with E-state index in [1.54, 1.807) is 38.5 Å². The summed E-state index contributed by atoms with van der Waals surface area (Å²) in [7, 11) is 3.16. The second-order valence-corrected chi connectivity index (χ2v) is 10.4. The van der Waals surface area contributed by atoms with Gasteiger partial charge in [-0.1, -0.05) is 12.1 Å². The Hall–Kier alpha value is -4.34. The van der Waals surface area contributed by atoms with Gasteiger partial charge in [0.1, 0.15) is 34.6 Å². The molecule has 42 heavy (non-hydrogen) atoms. The minimum atomic E-state index is -0.648. The molecule has 0 aliphatic carbocycles. The summed E-state index contributed by atoms with van der Waals surface area (Å²) >= 11 is 0. The Balaban J connectivity index is 1.36. The molecule has 0 radical (unpaired) electrons. The van der Waals surface area contributed by atoms with Gasteiger partial charge in [0.2, 0.25) is 0 Å². The number of fused-ring (bicyclic) bond motifs is 1. The van der Waals surface area contributed by atoms with Crippen LogP contribution in [0.2, 0.25) is 0 Å². The first kappa shape index (κ1) is 29.2. The maximum Gasteiger partial charge on any atom is 0.360 e. The number of nitrogens with one attached hydrogen (secondary N) is 1. The molecule has 2 heterocycles. The zero-order valence-electron chi connectivity index (χ0n) is 24.1. The minimum absolute atomic E-state index is 0.0187. The molecule has 9 heteroatoms. The van der Waals surface area contributed by atoms with Crippen molar-refractivity contribution in [3.8, 4) is 28.4 Å². The average Bonchev–Trinajstić information content (AvgIpc) is 3.02. The van der Waals surface area contributed by atoms with Gasteiger partial charge in [0.15, 0.2) is 0 Å². The lowest BCUT2D eigenvalue weighted by Gasteiger charge is -2.33. The highest BCUT2D eigenvalue weighted by Gasteiger charge is 2.23. The average molecular weight is 573 g/mol. The van der Waals surface area contributed by atoms with E-state index in [1.165, 1.54) is 0 Å². The van der Waals surface area contributed by atoms with Gasteiger partial charge in [-0.3, -0.25) is 9.69 Å². The van der Waals surface area contributed by atoms with Gasteiger partial charge in [-0.05, 0) is 86.8 Å². The molecule has 1 aromatic heterocycles. The van der Waals surface area contributed by atoms with Crippen molar-refractivity contribution < 1.29 is 28.5 Å². The second kappa shape index (κ2) is 13.1. The van der Waals surface area contributed by atoms with Gasteiger partial charge in [0.05, 0.1) is 14.2 Å². The van der Waals surface area contributed by atoms with Crippen molar-refractivity contribution >= 4 is 22.6 Å². The van der Waals surface area contributed by atoms with Crippen molar-refractivity contribution in [3.63, 3.8) is 0 Å². The summed E-state index contributed by atoms with van der Waals surface area (Å²) in [5.41, 5.74) is 2.45. The molecular weight excluding hydrogens is 536 g/mol. The van der Waals surface area contributed by atoms with E-state index in [-0.39, 0.29) is 18.4 Å². The summed E-state index contributed by atoms with van der Waals surface area (Å²) in [6.07, 6.45) is 2.72. The molecule has 2 N–H and O–H groups in total. The Kier molecular flexibility index (Phi) is 9.09. The highest BCUT2D eigenvalue weighted by atomic mass is 16.5. The molecule has 1 aliphatic heterocycles. The van der Waals surface area contributed by atoms with Gasteiger partial charge in [0, 0.05) is 41.8 Å². The molecule has 0 saturated carbocycles. The maximum atomic E-state index is 13.2.